The molecule has 1 aromatic carbocycles. The third kappa shape index (κ3) is 4.61. The number of nitrogens with one attached hydrogen (secondary N) is 1. The van der Waals surface area contributed by atoms with Gasteiger partial charge in [0, 0.05) is 17.5 Å². The maximum atomic E-state index is 13.2. The SMILES string of the molecule is CC(CN)CNC(=O)Cc1csc(-c2cccc(F)c2)n1. The van der Waals surface area contributed by atoms with Crippen LogP contribution in [0.3, 0.4) is 0 Å². The molecule has 0 saturated carbocycles. The van der Waals surface area contributed by atoms with Crippen LogP contribution in [0.1, 0.15) is 12.6 Å². The fraction of sp³-hybridized carbons (Fsp3) is 0.333. The Morgan fingerprint density at radius 2 is 2.33 bits per heavy atom. The minimum Gasteiger partial charge on any atom is -0.355 e. The summed E-state index contributed by atoms with van der Waals surface area (Å²) in [6.45, 7) is 3.09. The second-order valence-electron chi connectivity index (χ2n) is 4.98. The van der Waals surface area contributed by atoms with E-state index < -0.39 is 0 Å². The van der Waals surface area contributed by atoms with Crippen LogP contribution in [0.5, 0.6) is 0 Å². The monoisotopic (exact) mass is 307 g/mol. The number of carbonyl (C=O) groups is 1. The summed E-state index contributed by atoms with van der Waals surface area (Å²) in [5.74, 6) is -0.114. The van der Waals surface area contributed by atoms with Crippen molar-refractivity contribution >= 4 is 17.2 Å². The van der Waals surface area contributed by atoms with Gasteiger partial charge in [-0.1, -0.05) is 19.1 Å². The van der Waals surface area contributed by atoms with Gasteiger partial charge in [-0.25, -0.2) is 9.37 Å². The second-order valence-corrected chi connectivity index (χ2v) is 5.83. The normalized spacial score (nSPS) is 12.1. The van der Waals surface area contributed by atoms with Gasteiger partial charge in [0.25, 0.3) is 0 Å². The quantitative estimate of drug-likeness (QED) is 0.859. The van der Waals surface area contributed by atoms with Gasteiger partial charge in [-0.05, 0) is 24.6 Å². The average molecular weight is 307 g/mol. The molecule has 0 aliphatic carbocycles. The van der Waals surface area contributed by atoms with Crippen LogP contribution in [0.2, 0.25) is 0 Å². The van der Waals surface area contributed by atoms with Crippen LogP contribution < -0.4 is 11.1 Å². The molecule has 112 valence electrons. The first-order valence-corrected chi connectivity index (χ1v) is 7.63. The summed E-state index contributed by atoms with van der Waals surface area (Å²) in [4.78, 5) is 16.2. The van der Waals surface area contributed by atoms with Gasteiger partial charge in [0.15, 0.2) is 0 Å². The lowest BCUT2D eigenvalue weighted by Crippen LogP contribution is -2.32. The predicted molar refractivity (Wildman–Crippen MR) is 82.4 cm³/mol. The van der Waals surface area contributed by atoms with Crippen LogP contribution in [0.15, 0.2) is 29.6 Å². The molecule has 4 nitrogen and oxygen atoms in total. The molecule has 0 radical (unpaired) electrons. The van der Waals surface area contributed by atoms with Crippen LogP contribution in [0.25, 0.3) is 10.6 Å². The molecule has 0 bridgehead atoms. The van der Waals surface area contributed by atoms with E-state index in [4.69, 9.17) is 5.73 Å². The van der Waals surface area contributed by atoms with Crippen LogP contribution in [0.4, 0.5) is 4.39 Å². The number of benzene rings is 1. The zero-order valence-corrected chi connectivity index (χ0v) is 12.6. The van der Waals surface area contributed by atoms with E-state index in [1.807, 2.05) is 12.3 Å². The lowest BCUT2D eigenvalue weighted by molar-refractivity contribution is -0.120. The number of carbonyl (C=O) groups excluding carboxylic acids is 1. The number of nitrogens with two attached hydrogens (primary N) is 1. The van der Waals surface area contributed by atoms with Crippen LogP contribution in [0, 0.1) is 11.7 Å². The molecule has 0 spiro atoms. The Balaban J connectivity index is 1.96. The zero-order valence-electron chi connectivity index (χ0n) is 11.8. The molecular formula is C15H18FN3OS. The average Bonchev–Trinajstić information content (AvgIpc) is 2.93. The molecule has 0 saturated heterocycles. The number of thiazole rings is 1. The van der Waals surface area contributed by atoms with Crippen molar-refractivity contribution < 1.29 is 9.18 Å². The standard InChI is InChI=1S/C15H18FN3OS/c1-10(7-17)8-18-14(20)6-13-9-21-15(19-13)11-3-2-4-12(16)5-11/h2-5,9-10H,6-8,17H2,1H3,(H,18,20). The van der Waals surface area contributed by atoms with E-state index in [9.17, 15) is 9.18 Å². The summed E-state index contributed by atoms with van der Waals surface area (Å²) in [7, 11) is 0. The third-order valence-corrected chi connectivity index (χ3v) is 3.96. The van der Waals surface area contributed by atoms with Crippen LogP contribution >= 0.6 is 11.3 Å². The Morgan fingerprint density at radius 1 is 1.52 bits per heavy atom. The van der Waals surface area contributed by atoms with Crippen molar-refractivity contribution in [3.05, 3.63) is 41.2 Å². The van der Waals surface area contributed by atoms with Gasteiger partial charge >= 0.3 is 0 Å². The van der Waals surface area contributed by atoms with Crippen molar-refractivity contribution in [1.29, 1.82) is 0 Å². The van der Waals surface area contributed by atoms with Gasteiger partial charge in [-0.15, -0.1) is 11.3 Å². The van der Waals surface area contributed by atoms with Crippen molar-refractivity contribution in [2.24, 2.45) is 11.7 Å². The van der Waals surface area contributed by atoms with Crippen molar-refractivity contribution in [3.63, 3.8) is 0 Å². The van der Waals surface area contributed by atoms with Gasteiger partial charge in [0.2, 0.25) is 5.91 Å². The highest BCUT2D eigenvalue weighted by molar-refractivity contribution is 7.13. The molecule has 0 aliphatic rings. The van der Waals surface area contributed by atoms with Gasteiger partial charge in [-0.3, -0.25) is 4.79 Å². The van der Waals surface area contributed by atoms with Crippen molar-refractivity contribution in [2.45, 2.75) is 13.3 Å². The summed E-state index contributed by atoms with van der Waals surface area (Å²) in [6.07, 6.45) is 0.225. The summed E-state index contributed by atoms with van der Waals surface area (Å²) in [5, 5.41) is 5.37. The van der Waals surface area contributed by atoms with Crippen molar-refractivity contribution in [1.82, 2.24) is 10.3 Å². The Hall–Kier alpha value is -1.79. The molecule has 1 unspecified atom stereocenters. The largest absolute Gasteiger partial charge is 0.355 e. The molecule has 6 heteroatoms. The molecule has 1 heterocycles. The first-order chi connectivity index (χ1) is 10.1. The predicted octanol–water partition coefficient (Wildman–Crippen LogP) is 2.20. The fourth-order valence-corrected chi connectivity index (χ4v) is 2.56. The maximum Gasteiger partial charge on any atom is 0.226 e. The molecule has 0 fully saturated rings. The Kier molecular flexibility index (Phi) is 5.41. The molecular weight excluding hydrogens is 289 g/mol. The van der Waals surface area contributed by atoms with Crippen molar-refractivity contribution in [3.8, 4) is 10.6 Å². The molecule has 2 aromatic rings. The molecule has 1 aromatic heterocycles. The number of hydrogen-bond donors (Lipinski definition) is 2. The Bertz CT molecular complexity index is 614. The minimum absolute atomic E-state index is 0.0774. The van der Waals surface area contributed by atoms with Crippen molar-refractivity contribution in [2.75, 3.05) is 13.1 Å². The highest BCUT2D eigenvalue weighted by Gasteiger charge is 2.10. The Labute approximate surface area is 127 Å². The molecule has 21 heavy (non-hydrogen) atoms. The first-order valence-electron chi connectivity index (χ1n) is 6.75. The molecule has 1 atom stereocenters. The highest BCUT2D eigenvalue weighted by atomic mass is 32.1. The van der Waals surface area contributed by atoms with Gasteiger partial charge in [-0.2, -0.15) is 0 Å². The van der Waals surface area contributed by atoms with Gasteiger partial charge in [0.05, 0.1) is 12.1 Å². The number of nitrogens with zero attached hydrogens (tertiary/aromatic N) is 1. The number of amides is 1. The molecule has 0 aliphatic heterocycles. The second kappa shape index (κ2) is 7.28. The fourth-order valence-electron chi connectivity index (χ4n) is 1.74. The smallest absolute Gasteiger partial charge is 0.226 e. The molecule has 1 amide bonds. The highest BCUT2D eigenvalue weighted by Crippen LogP contribution is 2.24. The lowest BCUT2D eigenvalue weighted by Gasteiger charge is -2.09. The number of aromatic nitrogens is 1. The van der Waals surface area contributed by atoms with E-state index in [0.717, 1.165) is 5.56 Å². The first kappa shape index (κ1) is 15.6. The Morgan fingerprint density at radius 3 is 3.05 bits per heavy atom. The van der Waals surface area contributed by atoms with E-state index in [0.29, 0.717) is 23.8 Å². The van der Waals surface area contributed by atoms with Gasteiger partial charge < -0.3 is 11.1 Å². The minimum atomic E-state index is -0.294. The summed E-state index contributed by atoms with van der Waals surface area (Å²) in [5.41, 5.74) is 6.92. The number of hydrogen-bond acceptors (Lipinski definition) is 4. The number of rotatable bonds is 6. The zero-order chi connectivity index (χ0) is 15.2. The molecule has 2 rings (SSSR count). The lowest BCUT2D eigenvalue weighted by atomic mass is 10.2. The van der Waals surface area contributed by atoms with E-state index in [2.05, 4.69) is 10.3 Å². The third-order valence-electron chi connectivity index (χ3n) is 3.02. The van der Waals surface area contributed by atoms with Crippen LogP contribution in [-0.2, 0) is 11.2 Å². The molecule has 3 N–H and O–H groups in total. The summed E-state index contributed by atoms with van der Waals surface area (Å²) in [6, 6.07) is 6.27. The van der Waals surface area contributed by atoms with Crippen LogP contribution in [-0.4, -0.2) is 24.0 Å². The van der Waals surface area contributed by atoms with E-state index in [1.165, 1.54) is 23.5 Å². The summed E-state index contributed by atoms with van der Waals surface area (Å²) >= 11 is 1.40. The van der Waals surface area contributed by atoms with E-state index in [-0.39, 0.29) is 24.1 Å². The van der Waals surface area contributed by atoms with Gasteiger partial charge in [0.1, 0.15) is 10.8 Å². The maximum absolute atomic E-state index is 13.2. The summed E-state index contributed by atoms with van der Waals surface area (Å²) < 4.78 is 13.2. The van der Waals surface area contributed by atoms with E-state index in [1.54, 1.807) is 12.1 Å². The topological polar surface area (TPSA) is 68.0 Å². The number of halogens is 1. The van der Waals surface area contributed by atoms with E-state index >= 15 is 0 Å².